The number of hydrogen-bond donors (Lipinski definition) is 0. The molecule has 0 aliphatic rings. The van der Waals surface area contributed by atoms with Crippen LogP contribution in [0, 0.1) is 0 Å². The van der Waals surface area contributed by atoms with E-state index in [4.69, 9.17) is 3.32 Å². The van der Waals surface area contributed by atoms with Crippen LogP contribution < -0.4 is 0 Å². The van der Waals surface area contributed by atoms with Crippen LogP contribution in [0.25, 0.3) is 0 Å². The Balaban J connectivity index is -0.00000000500. The van der Waals surface area contributed by atoms with Gasteiger partial charge in [-0.15, -0.1) is 0 Å². The SMILES string of the molecule is [Ag].[O]=[Ti].[Zn]. The third-order valence-corrected chi connectivity index (χ3v) is 0. The molecule has 0 aliphatic carbocycles. The van der Waals surface area contributed by atoms with Crippen LogP contribution in [0.4, 0.5) is 0 Å². The fourth-order valence-corrected chi connectivity index (χ4v) is 0. The molecule has 23 valence electrons. The quantitative estimate of drug-likeness (QED) is 0.536. The first kappa shape index (κ1) is 16.9. The zero-order valence-electron chi connectivity index (χ0n) is 1.92. The molecular weight excluding hydrogens is 237 g/mol. The van der Waals surface area contributed by atoms with Crippen LogP contribution in [0.3, 0.4) is 0 Å². The van der Waals surface area contributed by atoms with Crippen molar-refractivity contribution in [2.24, 2.45) is 0 Å². The van der Waals surface area contributed by atoms with Crippen LogP contribution in [-0.4, -0.2) is 0 Å². The minimum Gasteiger partial charge on any atom is 0 e. The molecule has 0 aromatic carbocycles. The monoisotopic (exact) mass is 235 g/mol. The predicted octanol–water partition coefficient (Wildman–Crippen LogP) is -0.126. The Morgan fingerprint density at radius 3 is 1.25 bits per heavy atom. The van der Waals surface area contributed by atoms with Gasteiger partial charge in [0.15, 0.2) is 0 Å². The summed E-state index contributed by atoms with van der Waals surface area (Å²) in [5.41, 5.74) is 0. The maximum absolute atomic E-state index is 8.25. The normalized spacial score (nSPS) is 0.750. The molecule has 0 heterocycles. The van der Waals surface area contributed by atoms with E-state index in [1.54, 1.807) is 0 Å². The molecule has 4 heteroatoms. The van der Waals surface area contributed by atoms with E-state index in [1.807, 2.05) is 0 Å². The molecule has 4 heavy (non-hydrogen) atoms. The van der Waals surface area contributed by atoms with Gasteiger partial charge >= 0.3 is 23.7 Å². The second-order valence-electron chi connectivity index (χ2n) is 0. The van der Waals surface area contributed by atoms with Crippen molar-refractivity contribution in [3.63, 3.8) is 0 Å². The molecular formula is AgOTiZn. The second-order valence-corrected chi connectivity index (χ2v) is 0. The van der Waals surface area contributed by atoms with E-state index in [2.05, 4.69) is 0 Å². The van der Waals surface area contributed by atoms with Gasteiger partial charge in [0.25, 0.3) is 0 Å². The molecule has 0 aliphatic heterocycles. The number of rotatable bonds is 0. The van der Waals surface area contributed by atoms with Crippen molar-refractivity contribution in [2.75, 3.05) is 0 Å². The minimum absolute atomic E-state index is 0. The Hall–Kier alpha value is 1.88. The summed E-state index contributed by atoms with van der Waals surface area (Å²) in [6.45, 7) is 0. The zero-order chi connectivity index (χ0) is 2.00. The molecule has 0 unspecified atom stereocenters. The average Bonchev–Trinajstić information content (AvgIpc) is 1.00. The molecule has 0 spiro atoms. The Morgan fingerprint density at radius 2 is 1.25 bits per heavy atom. The summed E-state index contributed by atoms with van der Waals surface area (Å²) in [7, 11) is 0. The maximum Gasteiger partial charge on any atom is 0 e. The van der Waals surface area contributed by atoms with E-state index in [0.717, 1.165) is 20.4 Å². The molecule has 0 N–H and O–H groups in total. The Labute approximate surface area is 64.9 Å². The van der Waals surface area contributed by atoms with E-state index >= 15 is 0 Å². The van der Waals surface area contributed by atoms with E-state index in [9.17, 15) is 0 Å². The van der Waals surface area contributed by atoms with Gasteiger partial charge in [0, 0.05) is 41.9 Å². The van der Waals surface area contributed by atoms with Crippen LogP contribution in [0.2, 0.25) is 0 Å². The summed E-state index contributed by atoms with van der Waals surface area (Å²) in [5.74, 6) is 0. The van der Waals surface area contributed by atoms with E-state index in [-0.39, 0.29) is 41.9 Å². The third kappa shape index (κ3) is 9.11. The van der Waals surface area contributed by atoms with E-state index in [1.165, 1.54) is 0 Å². The van der Waals surface area contributed by atoms with Crippen molar-refractivity contribution in [3.05, 3.63) is 0 Å². The first-order chi connectivity index (χ1) is 1.00. The van der Waals surface area contributed by atoms with Crippen LogP contribution in [-0.2, 0) is 65.6 Å². The van der Waals surface area contributed by atoms with Gasteiger partial charge in [-0.2, -0.15) is 0 Å². The average molecular weight is 237 g/mol. The predicted molar refractivity (Wildman–Crippen MR) is 0.686 cm³/mol. The summed E-state index contributed by atoms with van der Waals surface area (Å²) in [4.78, 5) is 0. The topological polar surface area (TPSA) is 17.1 Å². The van der Waals surface area contributed by atoms with Crippen LogP contribution >= 0.6 is 0 Å². The Morgan fingerprint density at radius 1 is 1.25 bits per heavy atom. The van der Waals surface area contributed by atoms with Crippen molar-refractivity contribution in [1.29, 1.82) is 0 Å². The van der Waals surface area contributed by atoms with Crippen molar-refractivity contribution in [1.82, 2.24) is 0 Å². The summed E-state index contributed by atoms with van der Waals surface area (Å²) in [6, 6.07) is 0. The summed E-state index contributed by atoms with van der Waals surface area (Å²) in [5, 5.41) is 0. The van der Waals surface area contributed by atoms with Crippen molar-refractivity contribution in [3.8, 4) is 0 Å². The fourth-order valence-electron chi connectivity index (χ4n) is 0. The van der Waals surface area contributed by atoms with Gasteiger partial charge in [-0.25, -0.2) is 0 Å². The molecule has 0 saturated heterocycles. The molecule has 0 bridgehead atoms. The van der Waals surface area contributed by atoms with Gasteiger partial charge in [-0.05, 0) is 0 Å². The van der Waals surface area contributed by atoms with Crippen LogP contribution in [0.15, 0.2) is 0 Å². The van der Waals surface area contributed by atoms with Crippen LogP contribution in [0.5, 0.6) is 0 Å². The molecule has 0 fully saturated rings. The van der Waals surface area contributed by atoms with Gasteiger partial charge in [0.2, 0.25) is 0 Å². The Kier molecular flexibility index (Phi) is 87.8. The first-order valence-corrected chi connectivity index (χ1v) is 0.842. The molecule has 0 rings (SSSR count). The molecule has 0 aromatic heterocycles. The molecule has 1 nitrogen and oxygen atoms in total. The molecule has 0 aromatic rings. The smallest absolute Gasteiger partial charge is 0 e. The molecule has 0 amide bonds. The standard InChI is InChI=1S/Ag.O.Ti.Zn. The van der Waals surface area contributed by atoms with Crippen molar-refractivity contribution in [2.45, 2.75) is 0 Å². The van der Waals surface area contributed by atoms with Crippen molar-refractivity contribution >= 4 is 0 Å². The Bertz CT molecular complexity index is 8.00. The summed E-state index contributed by atoms with van der Waals surface area (Å²) in [6.07, 6.45) is 0. The van der Waals surface area contributed by atoms with Gasteiger partial charge in [0.1, 0.15) is 0 Å². The summed E-state index contributed by atoms with van der Waals surface area (Å²) >= 11 is 0.750. The van der Waals surface area contributed by atoms with E-state index in [0.29, 0.717) is 0 Å². The molecule has 0 saturated carbocycles. The van der Waals surface area contributed by atoms with Gasteiger partial charge in [0.05, 0.1) is 0 Å². The number of hydrogen-bond acceptors (Lipinski definition) is 1. The summed E-state index contributed by atoms with van der Waals surface area (Å²) < 4.78 is 8.25. The van der Waals surface area contributed by atoms with Gasteiger partial charge < -0.3 is 0 Å². The molecule has 1 radical (unpaired) electrons. The van der Waals surface area contributed by atoms with Gasteiger partial charge in [-0.3, -0.25) is 0 Å². The second kappa shape index (κ2) is 20.8. The molecule has 0 atom stereocenters. The van der Waals surface area contributed by atoms with E-state index < -0.39 is 0 Å². The van der Waals surface area contributed by atoms with Crippen molar-refractivity contribution < 1.29 is 65.6 Å². The fraction of sp³-hybridized carbons (Fsp3) is 0. The first-order valence-electron chi connectivity index (χ1n) is 0.204. The largest absolute Gasteiger partial charge is 0 e. The minimum atomic E-state index is 0. The van der Waals surface area contributed by atoms with Crippen LogP contribution in [0.1, 0.15) is 0 Å². The maximum atomic E-state index is 8.25. The van der Waals surface area contributed by atoms with Gasteiger partial charge in [-0.1, -0.05) is 0 Å². The third-order valence-electron chi connectivity index (χ3n) is 0. The zero-order valence-corrected chi connectivity index (χ0v) is 7.93.